The van der Waals surface area contributed by atoms with E-state index in [-0.39, 0.29) is 0 Å². The van der Waals surface area contributed by atoms with Gasteiger partial charge in [0.2, 0.25) is 0 Å². The minimum Gasteiger partial charge on any atom is -0.309 e. The molecule has 3 aromatic heterocycles. The summed E-state index contributed by atoms with van der Waals surface area (Å²) in [4.78, 5) is 10.3. The normalized spacial score (nSPS) is 11.8. The van der Waals surface area contributed by atoms with E-state index < -0.39 is 0 Å². The molecule has 0 aliphatic rings. The van der Waals surface area contributed by atoms with Gasteiger partial charge in [-0.15, -0.1) is 0 Å². The van der Waals surface area contributed by atoms with Crippen molar-refractivity contribution in [3.8, 4) is 34.0 Å². The van der Waals surface area contributed by atoms with Crippen LogP contribution in [0.4, 0.5) is 0 Å². The van der Waals surface area contributed by atoms with Crippen LogP contribution >= 0.6 is 0 Å². The number of hydrogen-bond donors (Lipinski definition) is 0. The molecular weight excluding hydrogens is 633 g/mol. The van der Waals surface area contributed by atoms with Gasteiger partial charge in [0.15, 0.2) is 5.82 Å². The monoisotopic (exact) mass is 662 g/mol. The fourth-order valence-corrected chi connectivity index (χ4v) is 8.17. The average molecular weight is 663 g/mol. The average Bonchev–Trinajstić information content (AvgIpc) is 3.71. The molecule has 0 atom stereocenters. The van der Waals surface area contributed by atoms with Gasteiger partial charge in [-0.3, -0.25) is 0 Å². The summed E-state index contributed by atoms with van der Waals surface area (Å²) in [6.45, 7) is 0. The van der Waals surface area contributed by atoms with Gasteiger partial charge in [-0.2, -0.15) is 0 Å². The van der Waals surface area contributed by atoms with E-state index in [0.29, 0.717) is 5.82 Å². The predicted octanol–water partition coefficient (Wildman–Crippen LogP) is 12.3. The second kappa shape index (κ2) is 11.2. The molecule has 0 bridgehead atoms. The molecule has 3 heterocycles. The summed E-state index contributed by atoms with van der Waals surface area (Å²) in [5, 5.41) is 8.35. The Morgan fingerprint density at radius 1 is 0.346 bits per heavy atom. The topological polar surface area (TPSA) is 35.6 Å². The Labute approximate surface area is 299 Å². The van der Waals surface area contributed by atoms with Gasteiger partial charge in [0.1, 0.15) is 0 Å². The molecule has 0 radical (unpaired) electrons. The van der Waals surface area contributed by atoms with Crippen LogP contribution in [0, 0.1) is 0 Å². The third-order valence-electron chi connectivity index (χ3n) is 10.5. The summed E-state index contributed by atoms with van der Waals surface area (Å²) in [5.41, 5.74) is 11.0. The Hall–Kier alpha value is -7.04. The number of fused-ring (bicyclic) bond motifs is 8. The van der Waals surface area contributed by atoms with Crippen LogP contribution in [0.2, 0.25) is 0 Å². The van der Waals surface area contributed by atoms with Crippen molar-refractivity contribution in [2.75, 3.05) is 0 Å². The molecular formula is C48H30N4. The lowest BCUT2D eigenvalue weighted by atomic mass is 9.99. The van der Waals surface area contributed by atoms with Gasteiger partial charge in [0.05, 0.1) is 33.3 Å². The highest BCUT2D eigenvalue weighted by atomic mass is 15.0. The second-order valence-corrected chi connectivity index (χ2v) is 13.4. The van der Waals surface area contributed by atoms with Gasteiger partial charge in [-0.25, -0.2) is 9.97 Å². The third-order valence-corrected chi connectivity index (χ3v) is 10.5. The Morgan fingerprint density at radius 2 is 0.885 bits per heavy atom. The first-order valence-electron chi connectivity index (χ1n) is 17.7. The zero-order valence-electron chi connectivity index (χ0n) is 28.1. The largest absolute Gasteiger partial charge is 0.309 e. The first kappa shape index (κ1) is 28.8. The molecule has 8 aromatic carbocycles. The highest BCUT2D eigenvalue weighted by Gasteiger charge is 2.19. The Morgan fingerprint density at radius 3 is 1.58 bits per heavy atom. The molecule has 11 aromatic rings. The zero-order valence-corrected chi connectivity index (χ0v) is 28.1. The van der Waals surface area contributed by atoms with Gasteiger partial charge in [0, 0.05) is 49.4 Å². The number of nitrogens with zero attached hydrogens (tertiary/aromatic N) is 4. The smallest absolute Gasteiger partial charge is 0.160 e. The van der Waals surface area contributed by atoms with Gasteiger partial charge in [-0.05, 0) is 77.5 Å². The highest BCUT2D eigenvalue weighted by molar-refractivity contribution is 6.19. The van der Waals surface area contributed by atoms with E-state index in [1.54, 1.807) is 0 Å². The van der Waals surface area contributed by atoms with Crippen molar-refractivity contribution in [3.05, 3.63) is 182 Å². The first-order chi connectivity index (χ1) is 25.8. The number of aromatic nitrogens is 4. The lowest BCUT2D eigenvalue weighted by Gasteiger charge is -2.12. The quantitative estimate of drug-likeness (QED) is 0.188. The van der Waals surface area contributed by atoms with E-state index in [1.165, 1.54) is 54.4 Å². The minimum atomic E-state index is 0.714. The summed E-state index contributed by atoms with van der Waals surface area (Å²) in [6, 6.07) is 64.8. The molecule has 0 N–H and O–H groups in total. The van der Waals surface area contributed by atoms with Gasteiger partial charge >= 0.3 is 0 Å². The van der Waals surface area contributed by atoms with Crippen LogP contribution < -0.4 is 0 Å². The first-order valence-corrected chi connectivity index (χ1v) is 17.7. The second-order valence-electron chi connectivity index (χ2n) is 13.4. The molecule has 4 heteroatoms. The maximum absolute atomic E-state index is 5.25. The number of para-hydroxylation sites is 4. The molecule has 0 saturated heterocycles. The van der Waals surface area contributed by atoms with Crippen LogP contribution in [-0.4, -0.2) is 19.1 Å². The lowest BCUT2D eigenvalue weighted by Crippen LogP contribution is -1.97. The molecule has 11 rings (SSSR count). The number of hydrogen-bond acceptors (Lipinski definition) is 2. The molecule has 4 nitrogen and oxygen atoms in total. The molecule has 0 fully saturated rings. The molecule has 0 aliphatic carbocycles. The van der Waals surface area contributed by atoms with Crippen LogP contribution in [0.3, 0.4) is 0 Å². The Bertz CT molecular complexity index is 3160. The van der Waals surface area contributed by atoms with Gasteiger partial charge in [0.25, 0.3) is 0 Å². The molecule has 0 amide bonds. The number of benzene rings is 8. The van der Waals surface area contributed by atoms with Crippen LogP contribution in [-0.2, 0) is 0 Å². The summed E-state index contributed by atoms with van der Waals surface area (Å²) in [5.74, 6) is 0.714. The Balaban J connectivity index is 1.10. The zero-order chi connectivity index (χ0) is 34.2. The van der Waals surface area contributed by atoms with E-state index in [1.807, 2.05) is 6.07 Å². The third kappa shape index (κ3) is 4.28. The minimum absolute atomic E-state index is 0.714. The fourth-order valence-electron chi connectivity index (χ4n) is 8.17. The van der Waals surface area contributed by atoms with E-state index in [4.69, 9.17) is 9.97 Å². The van der Waals surface area contributed by atoms with Gasteiger partial charge in [-0.1, -0.05) is 115 Å². The van der Waals surface area contributed by atoms with E-state index in [9.17, 15) is 0 Å². The van der Waals surface area contributed by atoms with Crippen LogP contribution in [0.25, 0.3) is 99.3 Å². The van der Waals surface area contributed by atoms with Crippen molar-refractivity contribution in [2.45, 2.75) is 0 Å². The maximum atomic E-state index is 5.25. The Kier molecular flexibility index (Phi) is 6.22. The lowest BCUT2D eigenvalue weighted by molar-refractivity contribution is 1.17. The van der Waals surface area contributed by atoms with Crippen molar-refractivity contribution in [3.63, 3.8) is 0 Å². The van der Waals surface area contributed by atoms with Crippen molar-refractivity contribution in [1.82, 2.24) is 19.1 Å². The fraction of sp³-hybridized carbons (Fsp3) is 0. The molecule has 0 unspecified atom stereocenters. The van der Waals surface area contributed by atoms with Gasteiger partial charge < -0.3 is 9.13 Å². The van der Waals surface area contributed by atoms with Crippen molar-refractivity contribution < 1.29 is 0 Å². The van der Waals surface area contributed by atoms with Crippen molar-refractivity contribution in [1.29, 1.82) is 0 Å². The molecule has 52 heavy (non-hydrogen) atoms. The molecule has 242 valence electrons. The molecule has 0 aliphatic heterocycles. The van der Waals surface area contributed by atoms with Crippen molar-refractivity contribution in [2.24, 2.45) is 0 Å². The van der Waals surface area contributed by atoms with E-state index in [0.717, 1.165) is 39.1 Å². The maximum Gasteiger partial charge on any atom is 0.160 e. The summed E-state index contributed by atoms with van der Waals surface area (Å²) in [7, 11) is 0. The van der Waals surface area contributed by atoms with Crippen LogP contribution in [0.5, 0.6) is 0 Å². The summed E-state index contributed by atoms with van der Waals surface area (Å²) >= 11 is 0. The standard InChI is InChI=1S/C48H30N4/c1-2-15-33(16-3-1)51-43-23-10-7-18-36(43)40-30-46-41(29-45(40)51)37-19-8-11-24-44(37)52(46)34-27-25-32(26-28-34)48-49-42-22-9-6-20-39(42)47(50-48)38-21-12-14-31-13-4-5-17-35(31)38/h1-30H. The predicted molar refractivity (Wildman–Crippen MR) is 217 cm³/mol. The SMILES string of the molecule is c1ccc(-n2c3ccccc3c3cc4c(cc32)c2ccccc2n4-c2ccc(-c3nc(-c4cccc5ccccc45)c4ccccc4n3)cc2)cc1. The van der Waals surface area contributed by atoms with Crippen LogP contribution in [0.15, 0.2) is 182 Å². The molecule has 0 spiro atoms. The van der Waals surface area contributed by atoms with Crippen molar-refractivity contribution >= 4 is 65.3 Å². The summed E-state index contributed by atoms with van der Waals surface area (Å²) in [6.07, 6.45) is 0. The van der Waals surface area contributed by atoms with E-state index >= 15 is 0 Å². The highest BCUT2D eigenvalue weighted by Crippen LogP contribution is 2.40. The van der Waals surface area contributed by atoms with Crippen LogP contribution in [0.1, 0.15) is 0 Å². The van der Waals surface area contributed by atoms with E-state index in [2.05, 4.69) is 185 Å². The molecule has 0 saturated carbocycles. The number of rotatable bonds is 4. The summed E-state index contributed by atoms with van der Waals surface area (Å²) < 4.78 is 4.78.